The van der Waals surface area contributed by atoms with E-state index in [9.17, 15) is 25.1 Å². The lowest BCUT2D eigenvalue weighted by molar-refractivity contribution is -0.384. The van der Waals surface area contributed by atoms with E-state index in [4.69, 9.17) is 38.4 Å². The van der Waals surface area contributed by atoms with Gasteiger partial charge in [0, 0.05) is 49.3 Å². The molecule has 1 fully saturated rings. The summed E-state index contributed by atoms with van der Waals surface area (Å²) in [6.07, 6.45) is 6.22. The van der Waals surface area contributed by atoms with Crippen LogP contribution in [0.4, 0.5) is 21.0 Å². The van der Waals surface area contributed by atoms with E-state index in [2.05, 4.69) is 18.0 Å². The Kier molecular flexibility index (Phi) is 17.7. The first kappa shape index (κ1) is 54.5. The molecule has 6 unspecified atom stereocenters. The minimum absolute atomic E-state index is 0.00706. The first-order valence-corrected chi connectivity index (χ1v) is 26.2. The Labute approximate surface area is 452 Å². The molecule has 1 aliphatic heterocycles. The number of methoxy groups -OCH3 is 2. The SMILES string of the molecule is C=CCOC12Oc3ccc(OC(=O)Nc4ccc(OC)cc4OC)cc3C3C(CCCCO)C(CCCCO)C=C(C(=NOCc4ccccc4)CC1N(Cc1cccc4ccccc14)C(=O)Oc1ccc([N+](=O)[O-])cc1)C32. The van der Waals surface area contributed by atoms with Crippen LogP contribution in [0.2, 0.25) is 0 Å². The number of hydrogen-bond acceptors (Lipinski definition) is 14. The van der Waals surface area contributed by atoms with Crippen LogP contribution in [0, 0.1) is 27.9 Å². The molecule has 0 spiro atoms. The zero-order valence-corrected chi connectivity index (χ0v) is 43.7. The van der Waals surface area contributed by atoms with Gasteiger partial charge in [0.15, 0.2) is 0 Å². The molecule has 0 saturated heterocycles. The molecule has 406 valence electrons. The van der Waals surface area contributed by atoms with E-state index < -0.39 is 40.8 Å². The average Bonchev–Trinajstić information content (AvgIpc) is 3.46. The summed E-state index contributed by atoms with van der Waals surface area (Å²) in [5, 5.41) is 41.6. The van der Waals surface area contributed by atoms with Crippen molar-refractivity contribution in [1.82, 2.24) is 4.90 Å². The Balaban J connectivity index is 1.24. The van der Waals surface area contributed by atoms with Crippen molar-refractivity contribution >= 4 is 40.0 Å². The number of aliphatic hydroxyl groups is 2. The van der Waals surface area contributed by atoms with Gasteiger partial charge in [0.05, 0.1) is 49.6 Å². The molecule has 9 rings (SSSR count). The number of nitro benzene ring substituents is 1. The molecular weight excluding hydrogens is 997 g/mol. The lowest BCUT2D eigenvalue weighted by Crippen LogP contribution is -2.70. The average molecular weight is 1060 g/mol. The van der Waals surface area contributed by atoms with Gasteiger partial charge in [0.2, 0.25) is 5.79 Å². The van der Waals surface area contributed by atoms with Gasteiger partial charge in [-0.1, -0.05) is 103 Å². The third-order valence-electron chi connectivity index (χ3n) is 14.8. The lowest BCUT2D eigenvalue weighted by Gasteiger charge is -2.59. The molecule has 0 radical (unpaired) electrons. The molecule has 0 bridgehead atoms. The highest BCUT2D eigenvalue weighted by molar-refractivity contribution is 6.03. The Bertz CT molecular complexity index is 3140. The van der Waals surface area contributed by atoms with Crippen molar-refractivity contribution in [3.05, 3.63) is 185 Å². The summed E-state index contributed by atoms with van der Waals surface area (Å²) in [5.74, 6) is -1.54. The number of amides is 2. The number of allylic oxidation sites excluding steroid dienone is 1. The molecule has 78 heavy (non-hydrogen) atoms. The summed E-state index contributed by atoms with van der Waals surface area (Å²) in [6, 6.07) is 37.9. The number of carbonyl (C=O) groups excluding carboxylic acids is 2. The zero-order chi connectivity index (χ0) is 54.6. The molecule has 3 aliphatic rings. The van der Waals surface area contributed by atoms with Crippen molar-refractivity contribution in [2.75, 3.05) is 39.4 Å². The number of aliphatic hydroxyl groups excluding tert-OH is 2. The molecular formula is C61H64N4O13. The third kappa shape index (κ3) is 12.0. The highest BCUT2D eigenvalue weighted by atomic mass is 16.7. The van der Waals surface area contributed by atoms with Gasteiger partial charge in [0.25, 0.3) is 5.69 Å². The van der Waals surface area contributed by atoms with E-state index in [0.717, 1.165) is 33.0 Å². The number of unbranched alkanes of at least 4 members (excludes halogenated alkanes) is 2. The molecule has 3 N–H and O–H groups in total. The molecule has 6 atom stereocenters. The quantitative estimate of drug-likeness (QED) is 0.0236. The highest BCUT2D eigenvalue weighted by Gasteiger charge is 2.66. The largest absolute Gasteiger partial charge is 0.497 e. The maximum Gasteiger partial charge on any atom is 0.417 e. The molecule has 2 amide bonds. The molecule has 1 heterocycles. The number of non-ortho nitro benzene ring substituents is 1. The number of benzene rings is 6. The summed E-state index contributed by atoms with van der Waals surface area (Å²) in [4.78, 5) is 48.4. The van der Waals surface area contributed by atoms with E-state index in [0.29, 0.717) is 67.2 Å². The number of fused-ring (bicyclic) bond motifs is 3. The fourth-order valence-electron chi connectivity index (χ4n) is 11.3. The maximum atomic E-state index is 15.5. The highest BCUT2D eigenvalue weighted by Crippen LogP contribution is 2.62. The van der Waals surface area contributed by atoms with Crippen molar-refractivity contribution in [2.45, 2.75) is 75.8 Å². The summed E-state index contributed by atoms with van der Waals surface area (Å²) >= 11 is 0. The summed E-state index contributed by atoms with van der Waals surface area (Å²) < 4.78 is 37.9. The van der Waals surface area contributed by atoms with Crippen molar-refractivity contribution < 1.29 is 58.0 Å². The van der Waals surface area contributed by atoms with Gasteiger partial charge in [-0.25, -0.2) is 9.59 Å². The molecule has 2 aliphatic carbocycles. The van der Waals surface area contributed by atoms with Gasteiger partial charge in [-0.3, -0.25) is 20.3 Å². The Hall–Kier alpha value is -8.25. The lowest BCUT2D eigenvalue weighted by atomic mass is 9.55. The van der Waals surface area contributed by atoms with Gasteiger partial charge in [0.1, 0.15) is 41.4 Å². The molecule has 1 saturated carbocycles. The number of ether oxygens (including phenoxy) is 6. The predicted octanol–water partition coefficient (Wildman–Crippen LogP) is 11.9. The second-order valence-corrected chi connectivity index (χ2v) is 19.5. The number of nitrogens with zero attached hydrogens (tertiary/aromatic N) is 3. The number of carbonyl (C=O) groups is 2. The normalized spacial score (nSPS) is 20.5. The molecule has 17 nitrogen and oxygen atoms in total. The molecule has 17 heteroatoms. The van der Waals surface area contributed by atoms with Crippen LogP contribution in [0.3, 0.4) is 0 Å². The molecule has 0 aromatic heterocycles. The molecule has 6 aromatic carbocycles. The van der Waals surface area contributed by atoms with Crippen LogP contribution in [0.25, 0.3) is 10.8 Å². The Morgan fingerprint density at radius 1 is 0.846 bits per heavy atom. The van der Waals surface area contributed by atoms with E-state index >= 15 is 4.79 Å². The van der Waals surface area contributed by atoms with Gasteiger partial charge < -0.3 is 43.5 Å². The molecule has 6 aromatic rings. The van der Waals surface area contributed by atoms with Gasteiger partial charge in [-0.15, -0.1) is 6.58 Å². The number of rotatable bonds is 23. The number of hydrogen-bond donors (Lipinski definition) is 3. The summed E-state index contributed by atoms with van der Waals surface area (Å²) in [7, 11) is 3.02. The first-order chi connectivity index (χ1) is 38.1. The zero-order valence-electron chi connectivity index (χ0n) is 43.7. The van der Waals surface area contributed by atoms with Crippen molar-refractivity contribution in [3.63, 3.8) is 0 Å². The van der Waals surface area contributed by atoms with Gasteiger partial charge in [-0.05, 0) is 107 Å². The van der Waals surface area contributed by atoms with E-state index in [-0.39, 0.29) is 68.4 Å². The van der Waals surface area contributed by atoms with Crippen LogP contribution in [0.1, 0.15) is 67.6 Å². The first-order valence-electron chi connectivity index (χ1n) is 26.2. The van der Waals surface area contributed by atoms with Gasteiger partial charge >= 0.3 is 12.2 Å². The minimum Gasteiger partial charge on any atom is -0.497 e. The van der Waals surface area contributed by atoms with Crippen molar-refractivity contribution in [3.8, 4) is 28.7 Å². The number of oxime groups is 1. The smallest absolute Gasteiger partial charge is 0.417 e. The van der Waals surface area contributed by atoms with Crippen LogP contribution >= 0.6 is 0 Å². The minimum atomic E-state index is -1.70. The fourth-order valence-corrected chi connectivity index (χ4v) is 11.3. The second kappa shape index (κ2) is 25.3. The van der Waals surface area contributed by atoms with E-state index in [1.807, 2.05) is 78.9 Å². The van der Waals surface area contributed by atoms with Crippen LogP contribution < -0.4 is 29.0 Å². The van der Waals surface area contributed by atoms with Crippen LogP contribution in [-0.2, 0) is 22.7 Å². The predicted molar refractivity (Wildman–Crippen MR) is 294 cm³/mol. The number of nitro groups is 1. The Morgan fingerprint density at radius 2 is 1.58 bits per heavy atom. The second-order valence-electron chi connectivity index (χ2n) is 19.5. The van der Waals surface area contributed by atoms with Gasteiger partial charge in [-0.2, -0.15) is 0 Å². The van der Waals surface area contributed by atoms with Crippen LogP contribution in [0.15, 0.2) is 163 Å². The third-order valence-corrected chi connectivity index (χ3v) is 14.8. The number of anilines is 1. The summed E-state index contributed by atoms with van der Waals surface area (Å²) in [6.45, 7) is 4.21. The van der Waals surface area contributed by atoms with Crippen LogP contribution in [-0.4, -0.2) is 83.8 Å². The Morgan fingerprint density at radius 3 is 2.32 bits per heavy atom. The topological polar surface area (TPSA) is 210 Å². The van der Waals surface area contributed by atoms with E-state index in [1.165, 1.54) is 38.5 Å². The standard InChI is InChI=1S/C61H64N4O13/c1-4-33-74-61-56(64(38-43-20-14-19-41-17-8-9-21-48(41)43)60(69)77-45-25-23-44(24-26-45)65(70)71)37-53(63-75-39-40-15-6-5-7-16-40)50-34-42(18-10-12-31-66)49(22-11-13-32-67)57(58(50)61)51-35-47(28-30-54(51)78-61)76-59(68)62-52-29-27-46(72-2)36-55(52)73-3/h4-9,14-17,19-21,23-30,34-36,42,49,56-58,66-67H,1,10-13,18,22,31-33,37-39H2,2-3H3,(H,62,68). The maximum absolute atomic E-state index is 15.5. The van der Waals surface area contributed by atoms with Crippen LogP contribution in [0.5, 0.6) is 28.7 Å². The van der Waals surface area contributed by atoms with Crippen molar-refractivity contribution in [1.29, 1.82) is 0 Å². The fraction of sp³-hybridized carbons (Fsp3) is 0.328. The number of nitrogens with one attached hydrogen (secondary N) is 1. The summed E-state index contributed by atoms with van der Waals surface area (Å²) in [5.41, 5.74) is 3.92. The van der Waals surface area contributed by atoms with E-state index in [1.54, 1.807) is 41.3 Å². The van der Waals surface area contributed by atoms with Crippen molar-refractivity contribution in [2.24, 2.45) is 22.9 Å². The monoisotopic (exact) mass is 1060 g/mol.